The van der Waals surface area contributed by atoms with Crippen molar-refractivity contribution in [1.29, 1.82) is 0 Å². The molecule has 10 heavy (non-hydrogen) atoms. The largest absolute Gasteiger partial charge is 0.378 e. The molecule has 2 aliphatic rings. The molecule has 0 amide bonds. The third-order valence-electron chi connectivity index (χ3n) is 2.35. The normalized spacial score (nSPS) is 25.8. The highest BCUT2D eigenvalue weighted by Gasteiger charge is 2.30. The highest BCUT2D eigenvalue weighted by Crippen LogP contribution is 2.38. The van der Waals surface area contributed by atoms with Gasteiger partial charge in [-0.25, -0.2) is 0 Å². The monoisotopic (exact) mass is 139 g/mol. The molecule has 0 aromatic heterocycles. The number of rotatable bonds is 4. The van der Waals surface area contributed by atoms with Gasteiger partial charge in [0.15, 0.2) is 0 Å². The lowest BCUT2D eigenvalue weighted by atomic mass is 10.1. The highest BCUT2D eigenvalue weighted by molar-refractivity contribution is 5.00. The van der Waals surface area contributed by atoms with E-state index >= 15 is 0 Å². The lowest BCUT2D eigenvalue weighted by Crippen LogP contribution is -2.06. The van der Waals surface area contributed by atoms with Crippen molar-refractivity contribution in [2.75, 3.05) is 6.61 Å². The second-order valence-electron chi connectivity index (χ2n) is 3.63. The molecule has 0 aromatic carbocycles. The molecule has 0 aromatic rings. The van der Waals surface area contributed by atoms with Gasteiger partial charge in [-0.15, -0.1) is 0 Å². The van der Waals surface area contributed by atoms with Gasteiger partial charge >= 0.3 is 0 Å². The SMILES string of the molecule is C[C](COC1CC1)C1CC1. The molecule has 1 nitrogen and oxygen atoms in total. The quantitative estimate of drug-likeness (QED) is 0.580. The molecule has 57 valence electrons. The first-order valence-electron chi connectivity index (χ1n) is 4.30. The van der Waals surface area contributed by atoms with Crippen LogP contribution in [0.25, 0.3) is 0 Å². The number of hydrogen-bond acceptors (Lipinski definition) is 1. The third kappa shape index (κ3) is 1.72. The van der Waals surface area contributed by atoms with E-state index in [0.29, 0.717) is 6.10 Å². The van der Waals surface area contributed by atoms with Crippen LogP contribution in [0.3, 0.4) is 0 Å². The van der Waals surface area contributed by atoms with E-state index in [1.807, 2.05) is 0 Å². The molecule has 2 fully saturated rings. The van der Waals surface area contributed by atoms with E-state index in [9.17, 15) is 0 Å². The molecule has 0 heterocycles. The Labute approximate surface area is 62.8 Å². The van der Waals surface area contributed by atoms with Crippen LogP contribution in [0, 0.1) is 11.8 Å². The van der Waals surface area contributed by atoms with Crippen LogP contribution in [0.4, 0.5) is 0 Å². The summed E-state index contributed by atoms with van der Waals surface area (Å²) in [6.45, 7) is 3.18. The summed E-state index contributed by atoms with van der Waals surface area (Å²) in [6, 6.07) is 0. The molecule has 1 radical (unpaired) electrons. The Morgan fingerprint density at radius 3 is 2.50 bits per heavy atom. The van der Waals surface area contributed by atoms with Gasteiger partial charge in [-0.3, -0.25) is 0 Å². The lowest BCUT2D eigenvalue weighted by molar-refractivity contribution is 0.125. The summed E-state index contributed by atoms with van der Waals surface area (Å²) in [5.74, 6) is 2.51. The van der Waals surface area contributed by atoms with E-state index in [4.69, 9.17) is 4.74 Å². The van der Waals surface area contributed by atoms with E-state index in [1.54, 1.807) is 5.92 Å². The van der Waals surface area contributed by atoms with Gasteiger partial charge in [0.05, 0.1) is 12.7 Å². The minimum absolute atomic E-state index is 0.633. The van der Waals surface area contributed by atoms with Gasteiger partial charge in [0.25, 0.3) is 0 Å². The topological polar surface area (TPSA) is 9.23 Å². The second-order valence-corrected chi connectivity index (χ2v) is 3.63. The van der Waals surface area contributed by atoms with Crippen LogP contribution >= 0.6 is 0 Å². The van der Waals surface area contributed by atoms with Crippen molar-refractivity contribution in [2.24, 2.45) is 5.92 Å². The van der Waals surface area contributed by atoms with Gasteiger partial charge in [0.2, 0.25) is 0 Å². The van der Waals surface area contributed by atoms with E-state index < -0.39 is 0 Å². The molecule has 2 saturated carbocycles. The molecule has 0 saturated heterocycles. The molecule has 2 aliphatic carbocycles. The zero-order valence-corrected chi connectivity index (χ0v) is 6.60. The third-order valence-corrected chi connectivity index (χ3v) is 2.35. The highest BCUT2D eigenvalue weighted by atomic mass is 16.5. The Bertz CT molecular complexity index is 114. The molecular weight excluding hydrogens is 124 g/mol. The van der Waals surface area contributed by atoms with Crippen LogP contribution in [0.1, 0.15) is 32.6 Å². The zero-order valence-electron chi connectivity index (χ0n) is 6.60. The van der Waals surface area contributed by atoms with Gasteiger partial charge in [-0.1, -0.05) is 6.92 Å². The number of ether oxygens (including phenoxy) is 1. The van der Waals surface area contributed by atoms with Crippen LogP contribution in [0.15, 0.2) is 0 Å². The van der Waals surface area contributed by atoms with Crippen molar-refractivity contribution in [3.63, 3.8) is 0 Å². The summed E-state index contributed by atoms with van der Waals surface area (Å²) in [5, 5.41) is 0. The Morgan fingerprint density at radius 2 is 2.00 bits per heavy atom. The van der Waals surface area contributed by atoms with Crippen molar-refractivity contribution >= 4 is 0 Å². The maximum absolute atomic E-state index is 5.58. The van der Waals surface area contributed by atoms with Crippen molar-refractivity contribution < 1.29 is 4.74 Å². The molecule has 0 unspecified atom stereocenters. The van der Waals surface area contributed by atoms with E-state index in [0.717, 1.165) is 12.5 Å². The van der Waals surface area contributed by atoms with Crippen molar-refractivity contribution in [3.8, 4) is 0 Å². The maximum atomic E-state index is 5.58. The summed E-state index contributed by atoms with van der Waals surface area (Å²) in [6.07, 6.45) is 6.07. The van der Waals surface area contributed by atoms with E-state index in [1.165, 1.54) is 25.7 Å². The molecule has 2 rings (SSSR count). The molecule has 0 aliphatic heterocycles. The van der Waals surface area contributed by atoms with Crippen LogP contribution in [0.5, 0.6) is 0 Å². The van der Waals surface area contributed by atoms with Crippen LogP contribution in [-0.2, 0) is 4.74 Å². The number of hydrogen-bond donors (Lipinski definition) is 0. The van der Waals surface area contributed by atoms with Crippen LogP contribution < -0.4 is 0 Å². The summed E-state index contributed by atoms with van der Waals surface area (Å²) >= 11 is 0. The molecule has 0 spiro atoms. The lowest BCUT2D eigenvalue weighted by Gasteiger charge is -2.08. The first kappa shape index (κ1) is 6.66. The van der Waals surface area contributed by atoms with Crippen LogP contribution in [0.2, 0.25) is 0 Å². The molecule has 1 heteroatoms. The molecular formula is C9H15O. The first-order chi connectivity index (χ1) is 4.86. The predicted molar refractivity (Wildman–Crippen MR) is 40.6 cm³/mol. The summed E-state index contributed by atoms with van der Waals surface area (Å²) in [5.41, 5.74) is 0. The fraction of sp³-hybridized carbons (Fsp3) is 0.889. The zero-order chi connectivity index (χ0) is 6.97. The Balaban J connectivity index is 1.58. The van der Waals surface area contributed by atoms with Gasteiger partial charge in [-0.2, -0.15) is 0 Å². The fourth-order valence-electron chi connectivity index (χ4n) is 1.18. The second kappa shape index (κ2) is 2.54. The predicted octanol–water partition coefficient (Wildman–Crippen LogP) is 2.17. The van der Waals surface area contributed by atoms with E-state index in [2.05, 4.69) is 6.92 Å². The van der Waals surface area contributed by atoms with Crippen molar-refractivity contribution in [3.05, 3.63) is 5.92 Å². The molecule has 0 bridgehead atoms. The van der Waals surface area contributed by atoms with Crippen molar-refractivity contribution in [2.45, 2.75) is 38.7 Å². The summed E-state index contributed by atoms with van der Waals surface area (Å²) < 4.78 is 5.58. The summed E-state index contributed by atoms with van der Waals surface area (Å²) in [7, 11) is 0. The minimum Gasteiger partial charge on any atom is -0.378 e. The average molecular weight is 139 g/mol. The standard InChI is InChI=1S/C9H15O/c1-7(8-2-3-8)6-10-9-4-5-9/h8-9H,2-6H2,1H3. The molecule has 0 atom stereocenters. The maximum Gasteiger partial charge on any atom is 0.0577 e. The van der Waals surface area contributed by atoms with E-state index in [-0.39, 0.29) is 0 Å². The van der Waals surface area contributed by atoms with Crippen molar-refractivity contribution in [1.82, 2.24) is 0 Å². The Hall–Kier alpha value is -0.0400. The molecule has 0 N–H and O–H groups in total. The fourth-order valence-corrected chi connectivity index (χ4v) is 1.18. The Kier molecular flexibility index (Phi) is 1.69. The minimum atomic E-state index is 0.633. The average Bonchev–Trinajstić information content (AvgIpc) is 2.76. The summed E-state index contributed by atoms with van der Waals surface area (Å²) in [4.78, 5) is 0. The first-order valence-corrected chi connectivity index (χ1v) is 4.30. The van der Waals surface area contributed by atoms with Gasteiger partial charge in [-0.05, 0) is 31.6 Å². The Morgan fingerprint density at radius 1 is 1.30 bits per heavy atom. The smallest absolute Gasteiger partial charge is 0.0577 e. The van der Waals surface area contributed by atoms with Gasteiger partial charge in [0, 0.05) is 5.92 Å². The van der Waals surface area contributed by atoms with Gasteiger partial charge in [0.1, 0.15) is 0 Å². The van der Waals surface area contributed by atoms with Gasteiger partial charge < -0.3 is 4.74 Å². The van der Waals surface area contributed by atoms with Crippen LogP contribution in [-0.4, -0.2) is 12.7 Å².